The molecule has 3 N–H and O–H groups in total. The number of ether oxygens (including phenoxy) is 1. The highest BCUT2D eigenvalue weighted by Gasteiger charge is 2.31. The molecule has 8 nitrogen and oxygen atoms in total. The minimum absolute atomic E-state index is 0.0363. The van der Waals surface area contributed by atoms with Gasteiger partial charge in [0.15, 0.2) is 5.13 Å². The number of thiazole rings is 1. The highest BCUT2D eigenvalue weighted by molar-refractivity contribution is 7.13. The first-order valence-electron chi connectivity index (χ1n) is 8.22. The van der Waals surface area contributed by atoms with Crippen molar-refractivity contribution >= 4 is 34.3 Å². The van der Waals surface area contributed by atoms with Crippen molar-refractivity contribution in [3.05, 3.63) is 11.1 Å². The summed E-state index contributed by atoms with van der Waals surface area (Å²) in [5.41, 5.74) is 0.491. The molecule has 0 saturated carbocycles. The van der Waals surface area contributed by atoms with Crippen LogP contribution in [0.25, 0.3) is 0 Å². The molecule has 1 saturated heterocycles. The highest BCUT2D eigenvalue weighted by atomic mass is 32.1. The molecule has 0 radical (unpaired) electrons. The maximum absolute atomic E-state index is 12.2. The van der Waals surface area contributed by atoms with Gasteiger partial charge < -0.3 is 20.5 Å². The third kappa shape index (κ3) is 5.79. The number of hydrogen-bond donors (Lipinski definition) is 3. The van der Waals surface area contributed by atoms with E-state index in [9.17, 15) is 19.5 Å². The van der Waals surface area contributed by atoms with E-state index in [4.69, 9.17) is 4.74 Å². The SMILES string of the molecule is CC(C)C(=O)Nc1nc(CC(=O)NC(C(=O)O)C2CCCOC2)cs1. The van der Waals surface area contributed by atoms with Crippen LogP contribution in [0.1, 0.15) is 32.4 Å². The third-order valence-electron chi connectivity index (χ3n) is 3.90. The Hall–Kier alpha value is -2.00. The smallest absolute Gasteiger partial charge is 0.326 e. The van der Waals surface area contributed by atoms with Crippen LogP contribution >= 0.6 is 11.3 Å². The van der Waals surface area contributed by atoms with Crippen LogP contribution in [0.4, 0.5) is 5.13 Å². The Kier molecular flexibility index (Phi) is 6.89. The van der Waals surface area contributed by atoms with E-state index < -0.39 is 17.9 Å². The number of anilines is 1. The monoisotopic (exact) mass is 369 g/mol. The number of carboxylic acids is 1. The molecule has 25 heavy (non-hydrogen) atoms. The lowest BCUT2D eigenvalue weighted by Crippen LogP contribution is -2.48. The highest BCUT2D eigenvalue weighted by Crippen LogP contribution is 2.19. The first-order chi connectivity index (χ1) is 11.9. The molecule has 1 aromatic rings. The lowest BCUT2D eigenvalue weighted by molar-refractivity contribution is -0.145. The first-order valence-corrected chi connectivity index (χ1v) is 9.10. The van der Waals surface area contributed by atoms with E-state index in [0.29, 0.717) is 30.5 Å². The standard InChI is InChI=1S/C16H23N3O5S/c1-9(2)14(21)19-16-17-11(8-25-16)6-12(20)18-13(15(22)23)10-4-3-5-24-7-10/h8-10,13H,3-7H2,1-2H3,(H,18,20)(H,22,23)(H,17,19,21). The van der Waals surface area contributed by atoms with Gasteiger partial charge in [0.2, 0.25) is 11.8 Å². The first kappa shape index (κ1) is 19.3. The largest absolute Gasteiger partial charge is 0.480 e. The van der Waals surface area contributed by atoms with Gasteiger partial charge in [0, 0.05) is 23.8 Å². The summed E-state index contributed by atoms with van der Waals surface area (Å²) in [4.78, 5) is 39.4. The number of amides is 2. The average Bonchev–Trinajstić information content (AvgIpc) is 2.99. The summed E-state index contributed by atoms with van der Waals surface area (Å²) < 4.78 is 5.31. The zero-order valence-electron chi connectivity index (χ0n) is 14.3. The Morgan fingerprint density at radius 2 is 2.20 bits per heavy atom. The normalized spacial score (nSPS) is 18.6. The fourth-order valence-electron chi connectivity index (χ4n) is 2.49. The van der Waals surface area contributed by atoms with Gasteiger partial charge in [-0.2, -0.15) is 0 Å². The maximum atomic E-state index is 12.2. The molecule has 1 aliphatic heterocycles. The van der Waals surface area contributed by atoms with Crippen LogP contribution in [0.2, 0.25) is 0 Å². The van der Waals surface area contributed by atoms with E-state index >= 15 is 0 Å². The summed E-state index contributed by atoms with van der Waals surface area (Å²) in [5.74, 6) is -2.01. The van der Waals surface area contributed by atoms with Crippen LogP contribution in [0, 0.1) is 11.8 Å². The molecule has 1 aromatic heterocycles. The number of hydrogen-bond acceptors (Lipinski definition) is 6. The van der Waals surface area contributed by atoms with Crippen LogP contribution in [0.3, 0.4) is 0 Å². The number of carboxylic acid groups (broad SMARTS) is 1. The molecule has 2 atom stereocenters. The van der Waals surface area contributed by atoms with Gasteiger partial charge in [0.1, 0.15) is 6.04 Å². The molecular formula is C16H23N3O5S. The van der Waals surface area contributed by atoms with Gasteiger partial charge in [0.05, 0.1) is 18.7 Å². The number of carbonyl (C=O) groups is 3. The van der Waals surface area contributed by atoms with Crippen molar-refractivity contribution in [3.63, 3.8) is 0 Å². The summed E-state index contributed by atoms with van der Waals surface area (Å²) >= 11 is 1.23. The van der Waals surface area contributed by atoms with E-state index in [2.05, 4.69) is 15.6 Å². The van der Waals surface area contributed by atoms with Gasteiger partial charge in [-0.25, -0.2) is 9.78 Å². The van der Waals surface area contributed by atoms with Gasteiger partial charge in [-0.3, -0.25) is 9.59 Å². The predicted octanol–water partition coefficient (Wildman–Crippen LogP) is 1.28. The van der Waals surface area contributed by atoms with Gasteiger partial charge in [-0.05, 0) is 12.8 Å². The third-order valence-corrected chi connectivity index (χ3v) is 4.70. The Bertz CT molecular complexity index is 625. The van der Waals surface area contributed by atoms with Crippen molar-refractivity contribution in [3.8, 4) is 0 Å². The molecule has 2 heterocycles. The van der Waals surface area contributed by atoms with Gasteiger partial charge in [-0.1, -0.05) is 13.8 Å². The number of rotatable bonds is 7. The number of carbonyl (C=O) groups excluding carboxylic acids is 2. The van der Waals surface area contributed by atoms with Crippen molar-refractivity contribution in [2.24, 2.45) is 11.8 Å². The Balaban J connectivity index is 1.91. The number of aromatic nitrogens is 1. The van der Waals surface area contributed by atoms with Crippen molar-refractivity contribution in [1.29, 1.82) is 0 Å². The molecule has 2 unspecified atom stereocenters. The van der Waals surface area contributed by atoms with Crippen molar-refractivity contribution in [2.75, 3.05) is 18.5 Å². The molecule has 9 heteroatoms. The molecule has 0 aromatic carbocycles. The topological polar surface area (TPSA) is 118 Å². The molecule has 2 rings (SSSR count). The van der Waals surface area contributed by atoms with E-state index in [-0.39, 0.29) is 24.2 Å². The van der Waals surface area contributed by atoms with E-state index in [1.165, 1.54) is 11.3 Å². The van der Waals surface area contributed by atoms with Gasteiger partial charge >= 0.3 is 5.97 Å². The predicted molar refractivity (Wildman–Crippen MR) is 92.4 cm³/mol. The van der Waals surface area contributed by atoms with Crippen LogP contribution in [0.15, 0.2) is 5.38 Å². The molecular weight excluding hydrogens is 346 g/mol. The zero-order valence-corrected chi connectivity index (χ0v) is 15.1. The molecule has 0 bridgehead atoms. The second kappa shape index (κ2) is 8.91. The lowest BCUT2D eigenvalue weighted by atomic mass is 9.93. The number of aliphatic carboxylic acids is 1. The lowest BCUT2D eigenvalue weighted by Gasteiger charge is -2.28. The summed E-state index contributed by atoms with van der Waals surface area (Å²) in [6.07, 6.45) is 1.46. The van der Waals surface area contributed by atoms with Gasteiger partial charge in [0.25, 0.3) is 0 Å². The summed E-state index contributed by atoms with van der Waals surface area (Å²) in [6, 6.07) is -0.966. The Labute approximate surface area is 150 Å². The second-order valence-electron chi connectivity index (χ2n) is 6.33. The Morgan fingerprint density at radius 1 is 1.44 bits per heavy atom. The fourth-order valence-corrected chi connectivity index (χ4v) is 3.21. The summed E-state index contributed by atoms with van der Waals surface area (Å²) in [6.45, 7) is 4.51. The van der Waals surface area contributed by atoms with Crippen LogP contribution in [-0.4, -0.2) is 47.1 Å². The number of nitrogens with one attached hydrogen (secondary N) is 2. The van der Waals surface area contributed by atoms with Crippen LogP contribution in [-0.2, 0) is 25.5 Å². The quantitative estimate of drug-likeness (QED) is 0.666. The molecule has 138 valence electrons. The molecule has 0 aliphatic carbocycles. The molecule has 1 aliphatic rings. The van der Waals surface area contributed by atoms with Crippen LogP contribution < -0.4 is 10.6 Å². The van der Waals surface area contributed by atoms with Crippen molar-refractivity contribution in [2.45, 2.75) is 39.2 Å². The molecule has 2 amide bonds. The minimum Gasteiger partial charge on any atom is -0.480 e. The second-order valence-corrected chi connectivity index (χ2v) is 7.18. The van der Waals surface area contributed by atoms with E-state index in [1.54, 1.807) is 19.2 Å². The average molecular weight is 369 g/mol. The molecule has 0 spiro atoms. The maximum Gasteiger partial charge on any atom is 0.326 e. The zero-order chi connectivity index (χ0) is 18.4. The minimum atomic E-state index is -1.06. The Morgan fingerprint density at radius 3 is 2.80 bits per heavy atom. The summed E-state index contributed by atoms with van der Waals surface area (Å²) in [5, 5.41) is 16.7. The summed E-state index contributed by atoms with van der Waals surface area (Å²) in [7, 11) is 0. The fraction of sp³-hybridized carbons (Fsp3) is 0.625. The molecule has 1 fully saturated rings. The van der Waals surface area contributed by atoms with Crippen molar-refractivity contribution in [1.82, 2.24) is 10.3 Å². The van der Waals surface area contributed by atoms with Crippen molar-refractivity contribution < 1.29 is 24.2 Å². The van der Waals surface area contributed by atoms with Crippen LogP contribution in [0.5, 0.6) is 0 Å². The van der Waals surface area contributed by atoms with E-state index in [0.717, 1.165) is 6.42 Å². The van der Waals surface area contributed by atoms with E-state index in [1.807, 2.05) is 0 Å². The van der Waals surface area contributed by atoms with Gasteiger partial charge in [-0.15, -0.1) is 11.3 Å². The number of nitrogens with zero attached hydrogens (tertiary/aromatic N) is 1.